The number of rotatable bonds is 4. The van der Waals surface area contributed by atoms with E-state index in [0.29, 0.717) is 23.2 Å². The van der Waals surface area contributed by atoms with Crippen LogP contribution in [0.4, 0.5) is 0 Å². The molecule has 0 radical (unpaired) electrons. The molecule has 0 bridgehead atoms. The molecular weight excluding hydrogens is 302 g/mol. The summed E-state index contributed by atoms with van der Waals surface area (Å²) in [4.78, 5) is 21.4. The molecule has 1 aromatic carbocycles. The van der Waals surface area contributed by atoms with E-state index in [0.717, 1.165) is 26.2 Å². The molecule has 0 aliphatic carbocycles. The molecule has 1 aliphatic rings. The van der Waals surface area contributed by atoms with Crippen molar-refractivity contribution in [2.45, 2.75) is 19.9 Å². The molecule has 0 unspecified atom stereocenters. The van der Waals surface area contributed by atoms with Gasteiger partial charge in [-0.15, -0.1) is 0 Å². The summed E-state index contributed by atoms with van der Waals surface area (Å²) in [6, 6.07) is 13.5. The van der Waals surface area contributed by atoms with Crippen LogP contribution in [0.3, 0.4) is 0 Å². The Kier molecular flexibility index (Phi) is 5.11. The molecule has 1 aliphatic heterocycles. The smallest absolute Gasteiger partial charge is 0.259 e. The Morgan fingerprint density at radius 2 is 1.75 bits per heavy atom. The van der Waals surface area contributed by atoms with Crippen LogP contribution in [0.5, 0.6) is 11.6 Å². The molecule has 1 aromatic heterocycles. The molecule has 1 saturated heterocycles. The quantitative estimate of drug-likeness (QED) is 0.867. The standard InChI is InChI=1S/C19H23N3O2/c1-15(2)21-11-13-22(14-12-21)19(23)17-9-6-10-20-18(17)24-16-7-4-3-5-8-16/h3-10,15H,11-14H2,1-2H3. The molecule has 1 fully saturated rings. The van der Waals surface area contributed by atoms with Gasteiger partial charge in [0, 0.05) is 38.4 Å². The van der Waals surface area contributed by atoms with Crippen molar-refractivity contribution in [1.29, 1.82) is 0 Å². The summed E-state index contributed by atoms with van der Waals surface area (Å²) in [5.74, 6) is 1.02. The zero-order valence-corrected chi connectivity index (χ0v) is 14.2. The topological polar surface area (TPSA) is 45.7 Å². The first-order valence-corrected chi connectivity index (χ1v) is 8.36. The van der Waals surface area contributed by atoms with Crippen molar-refractivity contribution in [3.05, 3.63) is 54.2 Å². The number of pyridine rings is 1. The van der Waals surface area contributed by atoms with Crippen molar-refractivity contribution >= 4 is 5.91 Å². The fourth-order valence-electron chi connectivity index (χ4n) is 2.85. The molecule has 5 heteroatoms. The number of carbonyl (C=O) groups excluding carboxylic acids is 1. The summed E-state index contributed by atoms with van der Waals surface area (Å²) in [7, 11) is 0. The number of amides is 1. The molecule has 24 heavy (non-hydrogen) atoms. The van der Waals surface area contributed by atoms with Gasteiger partial charge in [0.15, 0.2) is 0 Å². The number of para-hydroxylation sites is 1. The van der Waals surface area contributed by atoms with Gasteiger partial charge in [-0.2, -0.15) is 0 Å². The zero-order chi connectivity index (χ0) is 16.9. The fraction of sp³-hybridized carbons (Fsp3) is 0.368. The Morgan fingerprint density at radius 1 is 1.04 bits per heavy atom. The fourth-order valence-corrected chi connectivity index (χ4v) is 2.85. The number of piperazine rings is 1. The van der Waals surface area contributed by atoms with E-state index >= 15 is 0 Å². The van der Waals surface area contributed by atoms with Gasteiger partial charge in [0.05, 0.1) is 0 Å². The highest BCUT2D eigenvalue weighted by atomic mass is 16.5. The monoisotopic (exact) mass is 325 g/mol. The van der Waals surface area contributed by atoms with Crippen LogP contribution in [-0.2, 0) is 0 Å². The summed E-state index contributed by atoms with van der Waals surface area (Å²) >= 11 is 0. The number of hydrogen-bond acceptors (Lipinski definition) is 4. The number of nitrogens with zero attached hydrogens (tertiary/aromatic N) is 3. The molecule has 0 spiro atoms. The summed E-state index contributed by atoms with van der Waals surface area (Å²) in [6.07, 6.45) is 1.64. The Bertz CT molecular complexity index is 680. The predicted molar refractivity (Wildman–Crippen MR) is 93.4 cm³/mol. The Morgan fingerprint density at radius 3 is 2.42 bits per heavy atom. The van der Waals surface area contributed by atoms with E-state index in [1.807, 2.05) is 35.2 Å². The minimum absolute atomic E-state index is 0.0163. The number of aromatic nitrogens is 1. The van der Waals surface area contributed by atoms with Gasteiger partial charge in [0.2, 0.25) is 5.88 Å². The lowest BCUT2D eigenvalue weighted by Gasteiger charge is -2.37. The van der Waals surface area contributed by atoms with E-state index in [1.165, 1.54) is 0 Å². The van der Waals surface area contributed by atoms with Crippen LogP contribution in [0.1, 0.15) is 24.2 Å². The summed E-state index contributed by atoms with van der Waals surface area (Å²) in [5.41, 5.74) is 0.513. The zero-order valence-electron chi connectivity index (χ0n) is 14.2. The second-order valence-electron chi connectivity index (χ2n) is 6.19. The largest absolute Gasteiger partial charge is 0.438 e. The highest BCUT2D eigenvalue weighted by Gasteiger charge is 2.25. The van der Waals surface area contributed by atoms with Crippen LogP contribution in [-0.4, -0.2) is 52.9 Å². The van der Waals surface area contributed by atoms with E-state index in [4.69, 9.17) is 4.74 Å². The highest BCUT2D eigenvalue weighted by Crippen LogP contribution is 2.24. The van der Waals surface area contributed by atoms with Crippen molar-refractivity contribution in [2.75, 3.05) is 26.2 Å². The van der Waals surface area contributed by atoms with E-state index < -0.39 is 0 Å². The summed E-state index contributed by atoms with van der Waals surface area (Å²) in [5, 5.41) is 0. The van der Waals surface area contributed by atoms with Crippen LogP contribution < -0.4 is 4.74 Å². The van der Waals surface area contributed by atoms with Gasteiger partial charge in [-0.25, -0.2) is 4.98 Å². The highest BCUT2D eigenvalue weighted by molar-refractivity contribution is 5.96. The number of benzene rings is 1. The number of hydrogen-bond donors (Lipinski definition) is 0. The lowest BCUT2D eigenvalue weighted by molar-refractivity contribution is 0.0592. The first-order chi connectivity index (χ1) is 11.6. The van der Waals surface area contributed by atoms with Gasteiger partial charge in [-0.3, -0.25) is 9.69 Å². The maximum atomic E-state index is 12.9. The maximum Gasteiger partial charge on any atom is 0.259 e. The van der Waals surface area contributed by atoms with Gasteiger partial charge < -0.3 is 9.64 Å². The third-order valence-electron chi connectivity index (χ3n) is 4.29. The van der Waals surface area contributed by atoms with E-state index in [1.54, 1.807) is 18.3 Å². The minimum Gasteiger partial charge on any atom is -0.438 e. The van der Waals surface area contributed by atoms with Crippen molar-refractivity contribution in [3.8, 4) is 11.6 Å². The van der Waals surface area contributed by atoms with Crippen LogP contribution in [0.15, 0.2) is 48.7 Å². The van der Waals surface area contributed by atoms with Crippen molar-refractivity contribution in [1.82, 2.24) is 14.8 Å². The van der Waals surface area contributed by atoms with Gasteiger partial charge in [-0.05, 0) is 38.1 Å². The molecule has 3 rings (SSSR count). The van der Waals surface area contributed by atoms with Gasteiger partial charge in [0.1, 0.15) is 11.3 Å². The second-order valence-corrected chi connectivity index (χ2v) is 6.19. The van der Waals surface area contributed by atoms with E-state index in [2.05, 4.69) is 23.7 Å². The lowest BCUT2D eigenvalue weighted by Crippen LogP contribution is -2.50. The molecule has 126 valence electrons. The van der Waals surface area contributed by atoms with Gasteiger partial charge >= 0.3 is 0 Å². The Hall–Kier alpha value is -2.40. The molecule has 5 nitrogen and oxygen atoms in total. The predicted octanol–water partition coefficient (Wildman–Crippen LogP) is 3.04. The second kappa shape index (κ2) is 7.45. The van der Waals surface area contributed by atoms with Crippen molar-refractivity contribution in [3.63, 3.8) is 0 Å². The average molecular weight is 325 g/mol. The van der Waals surface area contributed by atoms with E-state index in [-0.39, 0.29) is 5.91 Å². The van der Waals surface area contributed by atoms with Gasteiger partial charge in [-0.1, -0.05) is 18.2 Å². The lowest BCUT2D eigenvalue weighted by atomic mass is 10.2. The average Bonchev–Trinajstić information content (AvgIpc) is 2.62. The molecule has 2 aromatic rings. The SMILES string of the molecule is CC(C)N1CCN(C(=O)c2cccnc2Oc2ccccc2)CC1. The maximum absolute atomic E-state index is 12.9. The molecule has 0 saturated carbocycles. The van der Waals surface area contributed by atoms with Gasteiger partial charge in [0.25, 0.3) is 5.91 Å². The van der Waals surface area contributed by atoms with Crippen molar-refractivity contribution < 1.29 is 9.53 Å². The number of carbonyl (C=O) groups is 1. The Balaban J connectivity index is 1.74. The van der Waals surface area contributed by atoms with Crippen LogP contribution in [0, 0.1) is 0 Å². The molecular formula is C19H23N3O2. The minimum atomic E-state index is -0.0163. The molecule has 1 amide bonds. The molecule has 0 N–H and O–H groups in total. The van der Waals surface area contributed by atoms with Crippen LogP contribution >= 0.6 is 0 Å². The Labute approximate surface area is 142 Å². The van der Waals surface area contributed by atoms with Crippen molar-refractivity contribution in [2.24, 2.45) is 0 Å². The van der Waals surface area contributed by atoms with Crippen LogP contribution in [0.2, 0.25) is 0 Å². The molecule has 2 heterocycles. The number of ether oxygens (including phenoxy) is 1. The van der Waals surface area contributed by atoms with E-state index in [9.17, 15) is 4.79 Å². The summed E-state index contributed by atoms with van der Waals surface area (Å²) < 4.78 is 5.81. The first-order valence-electron chi connectivity index (χ1n) is 8.36. The third-order valence-corrected chi connectivity index (χ3v) is 4.29. The van der Waals surface area contributed by atoms with Crippen LogP contribution in [0.25, 0.3) is 0 Å². The summed E-state index contributed by atoms with van der Waals surface area (Å²) in [6.45, 7) is 7.64. The first kappa shape index (κ1) is 16.5. The molecule has 0 atom stereocenters. The third kappa shape index (κ3) is 3.74. The normalized spacial score (nSPS) is 15.5.